The third-order valence-corrected chi connectivity index (χ3v) is 7.54. The number of likely N-dealkylation sites (tertiary alicyclic amines) is 1. The number of pyridine rings is 1. The molecule has 0 radical (unpaired) electrons. The first-order valence-electron chi connectivity index (χ1n) is 11.3. The molecule has 1 aromatic carbocycles. The second-order valence-corrected chi connectivity index (χ2v) is 12.0. The van der Waals surface area contributed by atoms with Crippen LogP contribution < -0.4 is 0 Å². The number of carboxylic acid groups (broad SMARTS) is 1. The Bertz CT molecular complexity index is 1290. The molecule has 0 spiro atoms. The van der Waals surface area contributed by atoms with E-state index in [9.17, 15) is 18.3 Å². The van der Waals surface area contributed by atoms with Gasteiger partial charge in [0.05, 0.1) is 23.1 Å². The summed E-state index contributed by atoms with van der Waals surface area (Å²) < 4.78 is 31.7. The number of rotatable bonds is 5. The Morgan fingerprint density at radius 1 is 1.21 bits per heavy atom. The molecule has 2 aromatic heterocycles. The van der Waals surface area contributed by atoms with Crippen LogP contribution in [0.1, 0.15) is 39.2 Å². The maximum absolute atomic E-state index is 11.8. The van der Waals surface area contributed by atoms with Crippen LogP contribution in [0.3, 0.4) is 0 Å². The van der Waals surface area contributed by atoms with Gasteiger partial charge in [-0.3, -0.25) is 0 Å². The van der Waals surface area contributed by atoms with Gasteiger partial charge in [0.2, 0.25) is 0 Å². The molecule has 8 nitrogen and oxygen atoms in total. The summed E-state index contributed by atoms with van der Waals surface area (Å²) in [6, 6.07) is 10.7. The molecule has 4 rings (SSSR count). The maximum Gasteiger partial charge on any atom is 0.407 e. The Hall–Kier alpha value is -2.91. The average molecular weight is 486 g/mol. The molecule has 3 aromatic rings. The van der Waals surface area contributed by atoms with Crippen LogP contribution in [0.25, 0.3) is 16.7 Å². The second-order valence-electron chi connectivity index (χ2n) is 10.0. The number of fused-ring (bicyclic) bond motifs is 1. The van der Waals surface area contributed by atoms with E-state index in [0.29, 0.717) is 30.9 Å². The standard InChI is InChI=1S/C25H31N3O5S/c1-25(2,3)22-14-19(10-12-28(22)24(29)30)33-16-17-5-8-23(26-15-17)27-11-9-18-13-20(34(4,31)32)6-7-21(18)27/h5-9,11,13,15,19,22H,10,12,14,16H2,1-4H3,(H,29,30). The summed E-state index contributed by atoms with van der Waals surface area (Å²) in [5.41, 5.74) is 1.65. The zero-order chi connectivity index (χ0) is 24.7. The highest BCUT2D eigenvalue weighted by Crippen LogP contribution is 2.33. The van der Waals surface area contributed by atoms with Crippen LogP contribution in [-0.2, 0) is 21.2 Å². The van der Waals surface area contributed by atoms with Crippen LogP contribution in [0, 0.1) is 5.41 Å². The van der Waals surface area contributed by atoms with Crippen LogP contribution in [0.2, 0.25) is 0 Å². The van der Waals surface area contributed by atoms with E-state index in [4.69, 9.17) is 4.74 Å². The van der Waals surface area contributed by atoms with E-state index in [0.717, 1.165) is 22.3 Å². The normalized spacial score (nSPS) is 19.5. The Labute approximate surface area is 200 Å². The smallest absolute Gasteiger partial charge is 0.407 e. The number of nitrogens with zero attached hydrogens (tertiary/aromatic N) is 3. The largest absolute Gasteiger partial charge is 0.465 e. The van der Waals surface area contributed by atoms with Gasteiger partial charge in [0.25, 0.3) is 0 Å². The number of carbonyl (C=O) groups is 1. The van der Waals surface area contributed by atoms with E-state index in [1.54, 1.807) is 24.4 Å². The Morgan fingerprint density at radius 3 is 2.59 bits per heavy atom. The first-order chi connectivity index (χ1) is 15.9. The predicted molar refractivity (Wildman–Crippen MR) is 130 cm³/mol. The lowest BCUT2D eigenvalue weighted by molar-refractivity contribution is -0.0413. The fourth-order valence-corrected chi connectivity index (χ4v) is 5.20. The first-order valence-corrected chi connectivity index (χ1v) is 13.2. The summed E-state index contributed by atoms with van der Waals surface area (Å²) in [7, 11) is -3.26. The summed E-state index contributed by atoms with van der Waals surface area (Å²) >= 11 is 0. The van der Waals surface area contributed by atoms with E-state index in [2.05, 4.69) is 25.8 Å². The van der Waals surface area contributed by atoms with Crippen molar-refractivity contribution in [2.75, 3.05) is 12.8 Å². The highest BCUT2D eigenvalue weighted by atomic mass is 32.2. The second kappa shape index (κ2) is 9.03. The van der Waals surface area contributed by atoms with Gasteiger partial charge in [-0.1, -0.05) is 26.8 Å². The molecule has 1 fully saturated rings. The lowest BCUT2D eigenvalue weighted by Crippen LogP contribution is -2.53. The SMILES string of the molecule is CC(C)(C)C1CC(OCc2ccc(-n3ccc4cc(S(C)(=O)=O)ccc43)nc2)CCN1C(=O)O. The molecule has 3 heterocycles. The van der Waals surface area contributed by atoms with Gasteiger partial charge in [-0.25, -0.2) is 18.2 Å². The fourth-order valence-electron chi connectivity index (χ4n) is 4.54. The first kappa shape index (κ1) is 24.2. The highest BCUT2D eigenvalue weighted by molar-refractivity contribution is 7.90. The third-order valence-electron chi connectivity index (χ3n) is 6.43. The molecule has 1 aliphatic heterocycles. The van der Waals surface area contributed by atoms with Gasteiger partial charge in [0.1, 0.15) is 5.82 Å². The van der Waals surface area contributed by atoms with Crippen LogP contribution in [0.5, 0.6) is 0 Å². The Kier molecular flexibility index (Phi) is 6.44. The minimum atomic E-state index is -3.26. The number of amides is 1. The zero-order valence-corrected chi connectivity index (χ0v) is 20.7. The summed E-state index contributed by atoms with van der Waals surface area (Å²) in [5, 5.41) is 10.4. The highest BCUT2D eigenvalue weighted by Gasteiger charge is 2.39. The number of ether oxygens (including phenoxy) is 1. The molecule has 34 heavy (non-hydrogen) atoms. The topological polar surface area (TPSA) is 102 Å². The van der Waals surface area contributed by atoms with Gasteiger partial charge in [-0.2, -0.15) is 0 Å². The van der Waals surface area contributed by atoms with Crippen LogP contribution in [-0.4, -0.2) is 59.0 Å². The fraction of sp³-hybridized carbons (Fsp3) is 0.440. The maximum atomic E-state index is 11.8. The molecule has 182 valence electrons. The van der Waals surface area contributed by atoms with Crippen molar-refractivity contribution in [3.05, 3.63) is 54.4 Å². The molecular formula is C25H31N3O5S. The molecular weight excluding hydrogens is 454 g/mol. The van der Waals surface area contributed by atoms with Crippen molar-refractivity contribution < 1.29 is 23.1 Å². The number of sulfone groups is 1. The number of hydrogen-bond donors (Lipinski definition) is 1. The van der Waals surface area contributed by atoms with Gasteiger partial charge in [0, 0.05) is 36.6 Å². The Balaban J connectivity index is 1.43. The van der Waals surface area contributed by atoms with Crippen molar-refractivity contribution in [1.29, 1.82) is 0 Å². The lowest BCUT2D eigenvalue weighted by atomic mass is 9.80. The van der Waals surface area contributed by atoms with Gasteiger partial charge >= 0.3 is 6.09 Å². The predicted octanol–water partition coefficient (Wildman–Crippen LogP) is 4.50. The minimum absolute atomic E-state index is 0.00284. The number of aromatic nitrogens is 2. The van der Waals surface area contributed by atoms with Crippen molar-refractivity contribution in [1.82, 2.24) is 14.5 Å². The van der Waals surface area contributed by atoms with E-state index in [-0.39, 0.29) is 17.6 Å². The number of benzene rings is 1. The molecule has 0 bridgehead atoms. The van der Waals surface area contributed by atoms with E-state index < -0.39 is 15.9 Å². The summed E-state index contributed by atoms with van der Waals surface area (Å²) in [4.78, 5) is 18.0. The van der Waals surface area contributed by atoms with Crippen molar-refractivity contribution in [3.63, 3.8) is 0 Å². The van der Waals surface area contributed by atoms with Gasteiger partial charge < -0.3 is 19.3 Å². The van der Waals surface area contributed by atoms with Gasteiger partial charge in [-0.15, -0.1) is 0 Å². The van der Waals surface area contributed by atoms with Crippen molar-refractivity contribution >= 4 is 26.8 Å². The average Bonchev–Trinajstić information content (AvgIpc) is 3.20. The van der Waals surface area contributed by atoms with E-state index in [1.165, 1.54) is 11.2 Å². The number of piperidine rings is 1. The van der Waals surface area contributed by atoms with Crippen molar-refractivity contribution in [2.24, 2.45) is 5.41 Å². The summed E-state index contributed by atoms with van der Waals surface area (Å²) in [5.74, 6) is 0.730. The molecule has 1 saturated heterocycles. The molecule has 0 saturated carbocycles. The molecule has 1 aliphatic rings. The van der Waals surface area contributed by atoms with Gasteiger partial charge in [-0.05, 0) is 54.2 Å². The summed E-state index contributed by atoms with van der Waals surface area (Å²) in [6.45, 7) is 7.07. The van der Waals surface area contributed by atoms with Gasteiger partial charge in [0.15, 0.2) is 9.84 Å². The minimum Gasteiger partial charge on any atom is -0.465 e. The van der Waals surface area contributed by atoms with Crippen LogP contribution >= 0.6 is 0 Å². The van der Waals surface area contributed by atoms with Crippen molar-refractivity contribution in [3.8, 4) is 5.82 Å². The Morgan fingerprint density at radius 2 is 1.97 bits per heavy atom. The van der Waals surface area contributed by atoms with Crippen LogP contribution in [0.4, 0.5) is 4.79 Å². The molecule has 0 aliphatic carbocycles. The summed E-state index contributed by atoms with van der Waals surface area (Å²) in [6.07, 6.45) is 5.32. The molecule has 2 atom stereocenters. The molecule has 1 N–H and O–H groups in total. The van der Waals surface area contributed by atoms with Crippen LogP contribution in [0.15, 0.2) is 53.7 Å². The number of hydrogen-bond acceptors (Lipinski definition) is 5. The molecule has 2 unspecified atom stereocenters. The van der Waals surface area contributed by atoms with E-state index in [1.807, 2.05) is 29.0 Å². The molecule has 9 heteroatoms. The van der Waals surface area contributed by atoms with Crippen molar-refractivity contribution in [2.45, 2.75) is 57.3 Å². The van der Waals surface area contributed by atoms with E-state index >= 15 is 0 Å². The third kappa shape index (κ3) is 5.10. The quantitative estimate of drug-likeness (QED) is 0.571. The zero-order valence-electron chi connectivity index (χ0n) is 19.9. The lowest BCUT2D eigenvalue weighted by Gasteiger charge is -2.44. The monoisotopic (exact) mass is 485 g/mol. The molecule has 1 amide bonds.